The summed E-state index contributed by atoms with van der Waals surface area (Å²) in [5.74, 6) is 1.41. The largest absolute Gasteiger partial charge is 0.497 e. The van der Waals surface area contributed by atoms with Gasteiger partial charge in [0, 0.05) is 23.1 Å². The maximum Gasteiger partial charge on any atom is 0.246 e. The Morgan fingerprint density at radius 3 is 2.70 bits per heavy atom. The highest BCUT2D eigenvalue weighted by Crippen LogP contribution is 2.25. The second-order valence-corrected chi connectivity index (χ2v) is 5.91. The van der Waals surface area contributed by atoms with Crippen molar-refractivity contribution in [2.75, 3.05) is 20.8 Å². The number of amides is 1. The van der Waals surface area contributed by atoms with Crippen molar-refractivity contribution in [3.8, 4) is 11.5 Å². The molecule has 0 atom stereocenters. The molecule has 0 aliphatic carbocycles. The second kappa shape index (κ2) is 8.39. The SMILES string of the molecule is CCN(Cc1cccs1)C(=O)/C=C/c1cc(OC)ccc1OC. The van der Waals surface area contributed by atoms with E-state index < -0.39 is 0 Å². The molecule has 4 nitrogen and oxygen atoms in total. The molecule has 0 bridgehead atoms. The van der Waals surface area contributed by atoms with Crippen LogP contribution in [0.5, 0.6) is 11.5 Å². The maximum absolute atomic E-state index is 12.4. The first-order chi connectivity index (χ1) is 11.2. The van der Waals surface area contributed by atoms with E-state index in [0.717, 1.165) is 11.3 Å². The third-order valence-corrected chi connectivity index (χ3v) is 4.32. The van der Waals surface area contributed by atoms with Crippen molar-refractivity contribution in [3.63, 3.8) is 0 Å². The number of hydrogen-bond acceptors (Lipinski definition) is 4. The minimum atomic E-state index is -0.0224. The Morgan fingerprint density at radius 2 is 2.09 bits per heavy atom. The van der Waals surface area contributed by atoms with Crippen LogP contribution in [-0.4, -0.2) is 31.6 Å². The van der Waals surface area contributed by atoms with Crippen LogP contribution in [0.1, 0.15) is 17.4 Å². The quantitative estimate of drug-likeness (QED) is 0.724. The Labute approximate surface area is 141 Å². The van der Waals surface area contributed by atoms with Crippen LogP contribution in [0.25, 0.3) is 6.08 Å². The van der Waals surface area contributed by atoms with Gasteiger partial charge in [0.05, 0.1) is 20.8 Å². The molecule has 1 heterocycles. The van der Waals surface area contributed by atoms with Crippen molar-refractivity contribution in [3.05, 3.63) is 52.2 Å². The van der Waals surface area contributed by atoms with E-state index in [2.05, 4.69) is 0 Å². The van der Waals surface area contributed by atoms with Crippen LogP contribution in [0.3, 0.4) is 0 Å². The van der Waals surface area contributed by atoms with Crippen molar-refractivity contribution in [2.24, 2.45) is 0 Å². The molecule has 0 unspecified atom stereocenters. The summed E-state index contributed by atoms with van der Waals surface area (Å²) in [7, 11) is 3.22. The summed E-state index contributed by atoms with van der Waals surface area (Å²) >= 11 is 1.65. The Kier molecular flexibility index (Phi) is 6.23. The van der Waals surface area contributed by atoms with Gasteiger partial charge in [0.25, 0.3) is 0 Å². The fourth-order valence-corrected chi connectivity index (χ4v) is 2.89. The summed E-state index contributed by atoms with van der Waals surface area (Å²) in [6, 6.07) is 9.53. The highest BCUT2D eigenvalue weighted by molar-refractivity contribution is 7.09. The van der Waals surface area contributed by atoms with Crippen molar-refractivity contribution < 1.29 is 14.3 Å². The van der Waals surface area contributed by atoms with E-state index in [1.54, 1.807) is 42.6 Å². The number of rotatable bonds is 7. The van der Waals surface area contributed by atoms with Crippen LogP contribution in [0, 0.1) is 0 Å². The summed E-state index contributed by atoms with van der Waals surface area (Å²) in [5, 5.41) is 2.02. The van der Waals surface area contributed by atoms with Crippen LogP contribution in [0.4, 0.5) is 0 Å². The molecule has 1 aromatic heterocycles. The number of ether oxygens (including phenoxy) is 2. The zero-order valence-corrected chi connectivity index (χ0v) is 14.4. The van der Waals surface area contributed by atoms with Gasteiger partial charge < -0.3 is 14.4 Å². The van der Waals surface area contributed by atoms with E-state index in [1.165, 1.54) is 4.88 Å². The normalized spacial score (nSPS) is 10.7. The first-order valence-electron chi connectivity index (χ1n) is 7.39. The fraction of sp³-hybridized carbons (Fsp3) is 0.278. The summed E-state index contributed by atoms with van der Waals surface area (Å²) in [5.41, 5.74) is 0.812. The zero-order valence-electron chi connectivity index (χ0n) is 13.6. The lowest BCUT2D eigenvalue weighted by atomic mass is 10.1. The Balaban J connectivity index is 2.12. The van der Waals surface area contributed by atoms with Crippen molar-refractivity contribution in [1.29, 1.82) is 0 Å². The molecule has 0 saturated heterocycles. The van der Waals surface area contributed by atoms with Gasteiger partial charge in [-0.3, -0.25) is 4.79 Å². The summed E-state index contributed by atoms with van der Waals surface area (Å²) in [6.45, 7) is 3.27. The monoisotopic (exact) mass is 331 g/mol. The summed E-state index contributed by atoms with van der Waals surface area (Å²) < 4.78 is 10.5. The Bertz CT molecular complexity index is 665. The summed E-state index contributed by atoms with van der Waals surface area (Å²) in [6.07, 6.45) is 3.34. The van der Waals surface area contributed by atoms with E-state index >= 15 is 0 Å². The molecule has 2 aromatic rings. The van der Waals surface area contributed by atoms with Crippen LogP contribution in [-0.2, 0) is 11.3 Å². The third-order valence-electron chi connectivity index (χ3n) is 3.46. The second-order valence-electron chi connectivity index (χ2n) is 4.87. The number of nitrogens with zero attached hydrogens (tertiary/aromatic N) is 1. The van der Waals surface area contributed by atoms with Crippen LogP contribution in [0.2, 0.25) is 0 Å². The highest BCUT2D eigenvalue weighted by Gasteiger charge is 2.10. The lowest BCUT2D eigenvalue weighted by molar-refractivity contribution is -0.126. The third kappa shape index (κ3) is 4.60. The first-order valence-corrected chi connectivity index (χ1v) is 8.27. The fourth-order valence-electron chi connectivity index (χ4n) is 2.17. The van der Waals surface area contributed by atoms with E-state index in [-0.39, 0.29) is 5.91 Å². The molecule has 1 amide bonds. The van der Waals surface area contributed by atoms with Gasteiger partial charge in [-0.05, 0) is 42.6 Å². The minimum Gasteiger partial charge on any atom is -0.497 e. The number of likely N-dealkylation sites (N-methyl/N-ethyl adjacent to an activating group) is 1. The van der Waals surface area contributed by atoms with Crippen LogP contribution in [0.15, 0.2) is 41.8 Å². The predicted molar refractivity (Wildman–Crippen MR) is 94.0 cm³/mol. The summed E-state index contributed by atoms with van der Waals surface area (Å²) in [4.78, 5) is 15.4. The standard InChI is InChI=1S/C18H21NO3S/c1-4-19(13-16-6-5-11-23-16)18(20)10-7-14-12-15(21-2)8-9-17(14)22-3/h5-12H,4,13H2,1-3H3/b10-7+. The van der Waals surface area contributed by atoms with E-state index in [9.17, 15) is 4.79 Å². The van der Waals surface area contributed by atoms with Crippen molar-refractivity contribution >= 4 is 23.3 Å². The Hall–Kier alpha value is -2.27. The van der Waals surface area contributed by atoms with Crippen molar-refractivity contribution in [1.82, 2.24) is 4.90 Å². The molecule has 0 aliphatic rings. The van der Waals surface area contributed by atoms with Gasteiger partial charge in [-0.2, -0.15) is 0 Å². The maximum atomic E-state index is 12.4. The average Bonchev–Trinajstić information content (AvgIpc) is 3.10. The lowest BCUT2D eigenvalue weighted by Gasteiger charge is -2.18. The van der Waals surface area contributed by atoms with E-state index in [4.69, 9.17) is 9.47 Å². The predicted octanol–water partition coefficient (Wildman–Crippen LogP) is 3.83. The number of methoxy groups -OCH3 is 2. The number of thiophene rings is 1. The van der Waals surface area contributed by atoms with Gasteiger partial charge in [0.2, 0.25) is 5.91 Å². The Morgan fingerprint density at radius 1 is 1.26 bits per heavy atom. The smallest absolute Gasteiger partial charge is 0.246 e. The molecule has 2 rings (SSSR count). The lowest BCUT2D eigenvalue weighted by Crippen LogP contribution is -2.28. The number of hydrogen-bond donors (Lipinski definition) is 0. The molecular weight excluding hydrogens is 310 g/mol. The minimum absolute atomic E-state index is 0.0224. The number of benzene rings is 1. The van der Waals surface area contributed by atoms with Gasteiger partial charge in [-0.15, -0.1) is 11.3 Å². The van der Waals surface area contributed by atoms with Gasteiger partial charge in [0.1, 0.15) is 11.5 Å². The highest BCUT2D eigenvalue weighted by atomic mass is 32.1. The van der Waals surface area contributed by atoms with Crippen LogP contribution >= 0.6 is 11.3 Å². The molecule has 23 heavy (non-hydrogen) atoms. The van der Waals surface area contributed by atoms with Gasteiger partial charge in [-0.25, -0.2) is 0 Å². The first kappa shape index (κ1) is 17.1. The molecule has 5 heteroatoms. The topological polar surface area (TPSA) is 38.8 Å². The number of carbonyl (C=O) groups excluding carboxylic acids is 1. The average molecular weight is 331 g/mol. The van der Waals surface area contributed by atoms with Gasteiger partial charge in [-0.1, -0.05) is 6.07 Å². The number of carbonyl (C=O) groups is 1. The van der Waals surface area contributed by atoms with E-state index in [1.807, 2.05) is 42.6 Å². The van der Waals surface area contributed by atoms with Gasteiger partial charge >= 0.3 is 0 Å². The molecule has 0 aliphatic heterocycles. The zero-order chi connectivity index (χ0) is 16.7. The van der Waals surface area contributed by atoms with E-state index in [0.29, 0.717) is 18.8 Å². The van der Waals surface area contributed by atoms with Crippen molar-refractivity contribution in [2.45, 2.75) is 13.5 Å². The molecule has 0 saturated carbocycles. The molecule has 0 N–H and O–H groups in total. The molecular formula is C18H21NO3S. The molecule has 122 valence electrons. The van der Waals surface area contributed by atoms with Crippen LogP contribution < -0.4 is 9.47 Å². The molecule has 1 aromatic carbocycles. The van der Waals surface area contributed by atoms with Gasteiger partial charge in [0.15, 0.2) is 0 Å². The molecule has 0 radical (unpaired) electrons. The molecule has 0 spiro atoms. The molecule has 0 fully saturated rings.